The van der Waals surface area contributed by atoms with Gasteiger partial charge in [0.15, 0.2) is 0 Å². The third-order valence-electron chi connectivity index (χ3n) is 4.03. The highest BCUT2D eigenvalue weighted by molar-refractivity contribution is 6.06. The summed E-state index contributed by atoms with van der Waals surface area (Å²) in [5.41, 5.74) is -15.5. The highest BCUT2D eigenvalue weighted by Gasteiger charge is 2.65. The minimum atomic E-state index is -6.65. The van der Waals surface area contributed by atoms with Crippen molar-refractivity contribution in [2.45, 2.75) is 24.2 Å². The molecule has 3 aromatic rings. The van der Waals surface area contributed by atoms with Crippen LogP contribution in [0.2, 0.25) is 0 Å². The van der Waals surface area contributed by atoms with E-state index in [4.69, 9.17) is 0 Å². The Balaban J connectivity index is 2.86. The van der Waals surface area contributed by atoms with Gasteiger partial charge in [-0.1, -0.05) is 0 Å². The van der Waals surface area contributed by atoms with E-state index in [0.29, 0.717) is 0 Å². The zero-order chi connectivity index (χ0) is 23.2. The van der Waals surface area contributed by atoms with Crippen LogP contribution in [0.3, 0.4) is 0 Å². The Morgan fingerprint density at radius 1 is 0.433 bits per heavy atom. The van der Waals surface area contributed by atoms with Crippen LogP contribution in [0.5, 0.6) is 0 Å². The Morgan fingerprint density at radius 2 is 0.633 bits per heavy atom. The summed E-state index contributed by atoms with van der Waals surface area (Å²) in [6, 6.07) is 0. The molecule has 1 aromatic carbocycles. The van der Waals surface area contributed by atoms with Crippen LogP contribution in [-0.2, 0) is 11.8 Å². The molecule has 16 heteroatoms. The summed E-state index contributed by atoms with van der Waals surface area (Å²) in [5.74, 6) is -12.6. The number of fused-ring (bicyclic) bond motifs is 2. The minimum absolute atomic E-state index is 2.37. The fourth-order valence-electron chi connectivity index (χ4n) is 2.85. The molecule has 0 amide bonds. The third kappa shape index (κ3) is 2.51. The Hall–Kier alpha value is -3.20. The normalized spacial score (nSPS) is 14.2. The Bertz CT molecular complexity index is 1210. The van der Waals surface area contributed by atoms with Crippen molar-refractivity contribution in [3.63, 3.8) is 0 Å². The van der Waals surface area contributed by atoms with Gasteiger partial charge in [0.2, 0.25) is 0 Å². The van der Waals surface area contributed by atoms with Crippen LogP contribution in [0.1, 0.15) is 11.1 Å². The maximum absolute atomic E-state index is 14.1. The van der Waals surface area contributed by atoms with E-state index in [2.05, 4.69) is 8.83 Å². The van der Waals surface area contributed by atoms with Gasteiger partial charge in [0.1, 0.15) is 0 Å². The van der Waals surface area contributed by atoms with E-state index in [1.165, 1.54) is 0 Å². The zero-order valence-electron chi connectivity index (χ0n) is 13.2. The highest BCUT2D eigenvalue weighted by Crippen LogP contribution is 2.52. The average Bonchev–Trinajstić information content (AvgIpc) is 3.00. The van der Waals surface area contributed by atoms with Crippen LogP contribution in [-0.4, -0.2) is 12.4 Å². The predicted molar refractivity (Wildman–Crippen MR) is 73.3 cm³/mol. The SMILES string of the molecule is O=c1oc(=O)c2c(C(F)(F)C(F)(F)F)c3c(=O)oc(=O)c3c(C(F)(F)C(F)(F)F)c12. The van der Waals surface area contributed by atoms with Crippen molar-refractivity contribution in [1.82, 2.24) is 0 Å². The van der Waals surface area contributed by atoms with E-state index < -0.39 is 79.4 Å². The lowest BCUT2D eigenvalue weighted by Gasteiger charge is -2.24. The molecule has 0 saturated heterocycles. The quantitative estimate of drug-likeness (QED) is 0.553. The Labute approximate surface area is 152 Å². The number of alkyl halides is 10. The van der Waals surface area contributed by atoms with Gasteiger partial charge >= 0.3 is 46.7 Å². The average molecular weight is 454 g/mol. The van der Waals surface area contributed by atoms with Crippen LogP contribution >= 0.6 is 0 Å². The molecule has 0 aliphatic heterocycles. The second kappa shape index (κ2) is 5.69. The fraction of sp³-hybridized carbons (Fsp3) is 0.286. The number of halogens is 10. The van der Waals surface area contributed by atoms with E-state index in [1.807, 2.05) is 0 Å². The van der Waals surface area contributed by atoms with Crippen molar-refractivity contribution in [2.24, 2.45) is 0 Å². The molecule has 0 aliphatic carbocycles. The van der Waals surface area contributed by atoms with Gasteiger partial charge in [0, 0.05) is 0 Å². The molecule has 0 radical (unpaired) electrons. The lowest BCUT2D eigenvalue weighted by molar-refractivity contribution is -0.289. The van der Waals surface area contributed by atoms with Gasteiger partial charge in [0.05, 0.1) is 32.7 Å². The highest BCUT2D eigenvalue weighted by atomic mass is 19.4. The molecule has 2 heterocycles. The van der Waals surface area contributed by atoms with Gasteiger partial charge in [-0.3, -0.25) is 0 Å². The standard InChI is InChI=1S/C14F10O6/c15-11(16,13(19,20)21)5-1-2(8(26)29-7(1)25)6(12(17,18)14(22,23)24)4-3(5)9(27)30-10(4)28. The maximum atomic E-state index is 14.1. The zero-order valence-corrected chi connectivity index (χ0v) is 13.2. The Kier molecular flexibility index (Phi) is 4.08. The number of hydrogen-bond donors (Lipinski definition) is 0. The molecule has 162 valence electrons. The topological polar surface area (TPSA) is 94.6 Å². The van der Waals surface area contributed by atoms with Crippen LogP contribution in [0.15, 0.2) is 28.0 Å². The van der Waals surface area contributed by atoms with Crippen LogP contribution in [0.25, 0.3) is 21.5 Å². The van der Waals surface area contributed by atoms with Gasteiger partial charge < -0.3 is 8.83 Å². The maximum Gasteiger partial charge on any atom is 0.458 e. The van der Waals surface area contributed by atoms with Crippen molar-refractivity contribution in [3.8, 4) is 0 Å². The summed E-state index contributed by atoms with van der Waals surface area (Å²) in [5, 5.41) is -9.48. The third-order valence-corrected chi connectivity index (χ3v) is 4.03. The summed E-state index contributed by atoms with van der Waals surface area (Å²) < 4.78 is 141. The summed E-state index contributed by atoms with van der Waals surface area (Å²) in [6.45, 7) is 0. The molecule has 2 aromatic heterocycles. The van der Waals surface area contributed by atoms with Crippen LogP contribution in [0.4, 0.5) is 43.9 Å². The minimum Gasteiger partial charge on any atom is -0.386 e. The summed E-state index contributed by atoms with van der Waals surface area (Å²) in [6.07, 6.45) is -13.3. The fourth-order valence-corrected chi connectivity index (χ4v) is 2.85. The summed E-state index contributed by atoms with van der Waals surface area (Å²) in [7, 11) is 0. The number of rotatable bonds is 2. The van der Waals surface area contributed by atoms with Crippen molar-refractivity contribution >= 4 is 21.5 Å². The summed E-state index contributed by atoms with van der Waals surface area (Å²) >= 11 is 0. The van der Waals surface area contributed by atoms with Gasteiger partial charge in [0.25, 0.3) is 0 Å². The van der Waals surface area contributed by atoms with Crippen molar-refractivity contribution in [2.75, 3.05) is 0 Å². The molecular formula is C14F10O6. The molecular weight excluding hydrogens is 454 g/mol. The van der Waals surface area contributed by atoms with E-state index in [1.54, 1.807) is 0 Å². The molecule has 0 aliphatic rings. The van der Waals surface area contributed by atoms with Gasteiger partial charge in [-0.25, -0.2) is 19.2 Å². The van der Waals surface area contributed by atoms with Crippen LogP contribution < -0.4 is 22.5 Å². The molecule has 30 heavy (non-hydrogen) atoms. The molecule has 0 saturated carbocycles. The van der Waals surface area contributed by atoms with Gasteiger partial charge in [-0.2, -0.15) is 43.9 Å². The Morgan fingerprint density at radius 3 is 0.800 bits per heavy atom. The van der Waals surface area contributed by atoms with Crippen LogP contribution in [0, 0.1) is 0 Å². The molecule has 0 spiro atoms. The monoisotopic (exact) mass is 454 g/mol. The number of benzene rings is 1. The first kappa shape index (κ1) is 21.5. The van der Waals surface area contributed by atoms with E-state index in [9.17, 15) is 63.1 Å². The molecule has 0 unspecified atom stereocenters. The van der Waals surface area contributed by atoms with Crippen molar-refractivity contribution in [3.05, 3.63) is 52.8 Å². The summed E-state index contributed by atoms with van der Waals surface area (Å²) in [4.78, 5) is 46.7. The molecule has 0 N–H and O–H groups in total. The second-order valence-electron chi connectivity index (χ2n) is 5.75. The molecule has 6 nitrogen and oxygen atoms in total. The molecule has 0 atom stereocenters. The largest absolute Gasteiger partial charge is 0.458 e. The lowest BCUT2D eigenvalue weighted by atomic mass is 9.90. The molecule has 0 bridgehead atoms. The lowest BCUT2D eigenvalue weighted by Crippen LogP contribution is -2.37. The predicted octanol–water partition coefficient (Wildman–Crippen LogP) is 2.80. The smallest absolute Gasteiger partial charge is 0.386 e. The van der Waals surface area contributed by atoms with Gasteiger partial charge in [-0.05, 0) is 0 Å². The van der Waals surface area contributed by atoms with Gasteiger partial charge in [-0.15, -0.1) is 0 Å². The van der Waals surface area contributed by atoms with Crippen molar-refractivity contribution < 1.29 is 52.7 Å². The van der Waals surface area contributed by atoms with E-state index in [-0.39, 0.29) is 0 Å². The first-order valence-electron chi connectivity index (χ1n) is 7.02. The second-order valence-corrected chi connectivity index (χ2v) is 5.75. The number of hydrogen-bond acceptors (Lipinski definition) is 6. The van der Waals surface area contributed by atoms with Crippen molar-refractivity contribution in [1.29, 1.82) is 0 Å². The molecule has 3 rings (SSSR count). The number of furan rings is 2. The van der Waals surface area contributed by atoms with E-state index >= 15 is 0 Å². The molecule has 0 fully saturated rings. The first-order chi connectivity index (χ1) is 13.4. The van der Waals surface area contributed by atoms with E-state index in [0.717, 1.165) is 0 Å². The first-order valence-corrected chi connectivity index (χ1v) is 7.02.